The van der Waals surface area contributed by atoms with Crippen LogP contribution in [-0.2, 0) is 4.74 Å². The van der Waals surface area contributed by atoms with Crippen molar-refractivity contribution < 1.29 is 18.8 Å². The summed E-state index contributed by atoms with van der Waals surface area (Å²) in [5, 5.41) is 0.860. The smallest absolute Gasteiger partial charge is 0.291 e. The van der Waals surface area contributed by atoms with Crippen LogP contribution < -0.4 is 10.3 Å². The minimum absolute atomic E-state index is 0.139. The normalized spacial score (nSPS) is 19.4. The number of amides is 1. The van der Waals surface area contributed by atoms with Crippen molar-refractivity contribution in [3.63, 3.8) is 0 Å². The summed E-state index contributed by atoms with van der Waals surface area (Å²) in [6, 6.07) is 14.1. The van der Waals surface area contributed by atoms with Crippen LogP contribution in [0.3, 0.4) is 0 Å². The molecule has 154 valence electrons. The average molecular weight is 426 g/mol. The Kier molecular flexibility index (Phi) is 5.06. The first-order chi connectivity index (χ1) is 14.6. The molecule has 30 heavy (non-hydrogen) atoms. The van der Waals surface area contributed by atoms with Gasteiger partial charge in [-0.3, -0.25) is 9.59 Å². The number of halogens is 1. The number of nitrogens with zero attached hydrogens (tertiary/aromatic N) is 1. The van der Waals surface area contributed by atoms with Crippen molar-refractivity contribution in [2.45, 2.75) is 6.04 Å². The summed E-state index contributed by atoms with van der Waals surface area (Å²) in [4.78, 5) is 30.0. The Morgan fingerprint density at radius 1 is 1.07 bits per heavy atom. The highest BCUT2D eigenvalue weighted by molar-refractivity contribution is 6.31. The molecule has 6 nitrogen and oxygen atoms in total. The van der Waals surface area contributed by atoms with E-state index in [9.17, 15) is 9.59 Å². The number of nitrogens with one attached hydrogen (secondary N) is 1. The molecular formula is C23H22ClN2O4+. The molecule has 0 radical (unpaired) electrons. The Balaban J connectivity index is 1.60. The predicted molar refractivity (Wildman–Crippen MR) is 113 cm³/mol. The summed E-state index contributed by atoms with van der Waals surface area (Å²) < 4.78 is 11.4. The van der Waals surface area contributed by atoms with Gasteiger partial charge in [0, 0.05) is 5.02 Å². The molecule has 7 heteroatoms. The van der Waals surface area contributed by atoms with Gasteiger partial charge in [-0.1, -0.05) is 41.9 Å². The molecule has 3 aromatic rings. The largest absolute Gasteiger partial charge is 0.450 e. The number of morpholine rings is 1. The molecular weight excluding hydrogens is 404 g/mol. The van der Waals surface area contributed by atoms with Crippen molar-refractivity contribution in [1.82, 2.24) is 4.90 Å². The lowest BCUT2D eigenvalue weighted by Gasteiger charge is -2.29. The molecule has 1 aromatic heterocycles. The fourth-order valence-electron chi connectivity index (χ4n) is 4.39. The molecule has 1 amide bonds. The van der Waals surface area contributed by atoms with Crippen LogP contribution in [0.5, 0.6) is 0 Å². The number of rotatable bonds is 4. The van der Waals surface area contributed by atoms with Gasteiger partial charge in [0.1, 0.15) is 18.7 Å². The number of quaternary nitrogens is 1. The maximum Gasteiger partial charge on any atom is 0.291 e. The van der Waals surface area contributed by atoms with Crippen LogP contribution in [0.25, 0.3) is 11.0 Å². The molecule has 0 aliphatic carbocycles. The van der Waals surface area contributed by atoms with Crippen molar-refractivity contribution in [1.29, 1.82) is 0 Å². The second-order valence-corrected chi connectivity index (χ2v) is 8.18. The van der Waals surface area contributed by atoms with Crippen molar-refractivity contribution in [3.8, 4) is 0 Å². The molecule has 1 saturated heterocycles. The topological polar surface area (TPSA) is 64.2 Å². The lowest BCUT2D eigenvalue weighted by molar-refractivity contribution is -0.907. The van der Waals surface area contributed by atoms with Crippen LogP contribution in [0.15, 0.2) is 57.7 Å². The minimum Gasteiger partial charge on any atom is -0.450 e. The Labute approximate surface area is 178 Å². The van der Waals surface area contributed by atoms with E-state index >= 15 is 0 Å². The third-order valence-corrected chi connectivity index (χ3v) is 6.18. The fourth-order valence-corrected chi connectivity index (χ4v) is 4.57. The predicted octanol–water partition coefficient (Wildman–Crippen LogP) is 1.91. The van der Waals surface area contributed by atoms with Crippen molar-refractivity contribution in [3.05, 3.63) is 80.7 Å². The zero-order valence-corrected chi connectivity index (χ0v) is 17.2. The van der Waals surface area contributed by atoms with Crippen LogP contribution in [0.2, 0.25) is 5.02 Å². The molecule has 1 atom stereocenters. The molecule has 2 aliphatic heterocycles. The second kappa shape index (κ2) is 7.87. The van der Waals surface area contributed by atoms with E-state index in [0.29, 0.717) is 28.1 Å². The Morgan fingerprint density at radius 2 is 1.83 bits per heavy atom. The third kappa shape index (κ3) is 3.31. The van der Waals surface area contributed by atoms with Crippen LogP contribution in [0.4, 0.5) is 0 Å². The SMILES string of the molecule is O=C1c2oc3ccc(Cl)cc3c(=O)c2[C@H](c2ccccc2)N1CC[NH+]1CCOCC1. The highest BCUT2D eigenvalue weighted by Crippen LogP contribution is 2.37. The molecule has 1 fully saturated rings. The molecule has 0 spiro atoms. The number of carbonyl (C=O) groups is 1. The zero-order chi connectivity index (χ0) is 20.7. The summed E-state index contributed by atoms with van der Waals surface area (Å²) in [7, 11) is 0. The highest BCUT2D eigenvalue weighted by Gasteiger charge is 2.43. The molecule has 2 aliphatic rings. The number of hydrogen-bond donors (Lipinski definition) is 1. The Morgan fingerprint density at radius 3 is 2.60 bits per heavy atom. The summed E-state index contributed by atoms with van der Waals surface area (Å²) in [6.45, 7) is 4.64. The van der Waals surface area contributed by atoms with E-state index in [1.54, 1.807) is 23.1 Å². The Bertz CT molecular complexity index is 1160. The van der Waals surface area contributed by atoms with Crippen molar-refractivity contribution >= 4 is 28.5 Å². The zero-order valence-electron chi connectivity index (χ0n) is 16.4. The van der Waals surface area contributed by atoms with E-state index in [1.807, 2.05) is 30.3 Å². The average Bonchev–Trinajstić information content (AvgIpc) is 3.06. The molecule has 0 saturated carbocycles. The lowest BCUT2D eigenvalue weighted by Crippen LogP contribution is -3.14. The van der Waals surface area contributed by atoms with E-state index in [1.165, 1.54) is 4.90 Å². The number of benzene rings is 2. The van der Waals surface area contributed by atoms with E-state index in [-0.39, 0.29) is 17.1 Å². The molecule has 1 N–H and O–H groups in total. The van der Waals surface area contributed by atoms with Gasteiger partial charge in [0.05, 0.1) is 43.3 Å². The standard InChI is InChI=1S/C23H21ClN2O4/c24-16-6-7-18-17(14-16)21(27)19-20(15-4-2-1-3-5-15)26(23(28)22(19)30-18)9-8-25-10-12-29-13-11-25/h1-7,14,20H,8-13H2/p+1/t20-/m0/s1. The summed E-state index contributed by atoms with van der Waals surface area (Å²) in [6.07, 6.45) is 0. The number of fused-ring (bicyclic) bond motifs is 2. The number of hydrogen-bond acceptors (Lipinski definition) is 4. The van der Waals surface area contributed by atoms with Crippen LogP contribution in [0.1, 0.15) is 27.7 Å². The Hall–Kier alpha value is -2.67. The van der Waals surface area contributed by atoms with Gasteiger partial charge < -0.3 is 19.0 Å². The fraction of sp³-hybridized carbons (Fsp3) is 0.304. The maximum atomic E-state index is 13.4. The quantitative estimate of drug-likeness (QED) is 0.693. The number of ether oxygens (including phenoxy) is 1. The first-order valence-electron chi connectivity index (χ1n) is 10.2. The van der Waals surface area contributed by atoms with Crippen molar-refractivity contribution in [2.24, 2.45) is 0 Å². The first-order valence-corrected chi connectivity index (χ1v) is 10.5. The van der Waals surface area contributed by atoms with E-state index < -0.39 is 6.04 Å². The van der Waals surface area contributed by atoms with E-state index in [0.717, 1.165) is 38.4 Å². The van der Waals surface area contributed by atoms with Crippen LogP contribution in [-0.4, -0.2) is 50.2 Å². The van der Waals surface area contributed by atoms with Gasteiger partial charge in [-0.15, -0.1) is 0 Å². The molecule has 2 aromatic carbocycles. The summed E-state index contributed by atoms with van der Waals surface area (Å²) in [5.74, 6) is -0.0962. The molecule has 0 bridgehead atoms. The van der Waals surface area contributed by atoms with Crippen molar-refractivity contribution in [2.75, 3.05) is 39.4 Å². The summed E-state index contributed by atoms with van der Waals surface area (Å²) in [5.41, 5.74) is 1.48. The highest BCUT2D eigenvalue weighted by atomic mass is 35.5. The summed E-state index contributed by atoms with van der Waals surface area (Å²) >= 11 is 6.12. The van der Waals surface area contributed by atoms with Gasteiger partial charge in [-0.2, -0.15) is 0 Å². The van der Waals surface area contributed by atoms with E-state index in [4.69, 9.17) is 20.8 Å². The third-order valence-electron chi connectivity index (χ3n) is 5.95. The monoisotopic (exact) mass is 425 g/mol. The van der Waals surface area contributed by atoms with Gasteiger partial charge in [0.25, 0.3) is 5.91 Å². The maximum absolute atomic E-state index is 13.4. The van der Waals surface area contributed by atoms with Gasteiger partial charge >= 0.3 is 0 Å². The second-order valence-electron chi connectivity index (χ2n) is 7.74. The lowest BCUT2D eigenvalue weighted by atomic mass is 9.98. The van der Waals surface area contributed by atoms with Crippen LogP contribution >= 0.6 is 11.6 Å². The number of carbonyl (C=O) groups excluding carboxylic acids is 1. The molecule has 5 rings (SSSR count). The minimum atomic E-state index is -0.464. The van der Waals surface area contributed by atoms with E-state index in [2.05, 4.69) is 0 Å². The molecule has 3 heterocycles. The first kappa shape index (κ1) is 19.3. The van der Waals surface area contributed by atoms with Crippen LogP contribution in [0, 0.1) is 0 Å². The van der Waals surface area contributed by atoms with Gasteiger partial charge in [0.2, 0.25) is 5.76 Å². The molecule has 0 unspecified atom stereocenters. The van der Waals surface area contributed by atoms with Gasteiger partial charge in [-0.05, 0) is 23.8 Å². The van der Waals surface area contributed by atoms with Gasteiger partial charge in [-0.25, -0.2) is 0 Å². The van der Waals surface area contributed by atoms with Gasteiger partial charge in [0.15, 0.2) is 5.43 Å².